The maximum absolute atomic E-state index is 7.75. The van der Waals surface area contributed by atoms with Gasteiger partial charge in [0.05, 0.1) is 0 Å². The molecule has 0 aliphatic carbocycles. The van der Waals surface area contributed by atoms with Gasteiger partial charge < -0.3 is 76.7 Å². The molecule has 0 rings (SSSR count). The molecular formula is C16H16O16Rh-16. The minimum atomic E-state index is 0. The number of hydrogen-bond donors (Lipinski definition) is 0. The van der Waals surface area contributed by atoms with Gasteiger partial charge in [-0.3, -0.25) is 109 Å². The summed E-state index contributed by atoms with van der Waals surface area (Å²) < 4.78 is 0. The molecule has 0 heterocycles. The van der Waals surface area contributed by atoms with Crippen LogP contribution in [0.3, 0.4) is 0 Å². The fourth-order valence-electron chi connectivity index (χ4n) is 0. The first-order valence-electron chi connectivity index (χ1n) is 3.77. The third kappa shape index (κ3) is 810. The van der Waals surface area contributed by atoms with Gasteiger partial charge in [-0.15, -0.1) is 0 Å². The van der Waals surface area contributed by atoms with Gasteiger partial charge in [0.2, 0.25) is 0 Å². The number of carbonyl (C=O) groups excluding carboxylic acids is 16. The minimum absolute atomic E-state index is 0. The van der Waals surface area contributed by atoms with Crippen LogP contribution in [-0.4, -0.2) is 109 Å². The molecule has 1 radical (unpaired) electrons. The molecule has 0 amide bonds. The molecule has 0 bridgehead atoms. The second kappa shape index (κ2) is 875. The van der Waals surface area contributed by atoms with E-state index < -0.39 is 0 Å². The maximum atomic E-state index is 7.75. The fraction of sp³-hybridized carbons (Fsp3) is 0. The van der Waals surface area contributed by atoms with Crippen LogP contribution in [0.2, 0.25) is 0 Å². The second-order valence-electron chi connectivity index (χ2n) is 0. The summed E-state index contributed by atoms with van der Waals surface area (Å²) in [5.74, 6) is 0. The van der Waals surface area contributed by atoms with Gasteiger partial charge in [0.15, 0.2) is 0 Å². The van der Waals surface area contributed by atoms with E-state index in [2.05, 4.69) is 109 Å². The molecule has 0 N–H and O–H groups in total. The summed E-state index contributed by atoms with van der Waals surface area (Å²) in [6.45, 7) is 52.0. The Morgan fingerprint density at radius 2 is 0.121 bits per heavy atom. The molecule has 0 saturated carbocycles. The molecule has 0 aliphatic rings. The molecule has 0 aromatic heterocycles. The van der Waals surface area contributed by atoms with Crippen molar-refractivity contribution in [1.29, 1.82) is 0 Å². The summed E-state index contributed by atoms with van der Waals surface area (Å²) >= 11 is 0. The van der Waals surface area contributed by atoms with E-state index in [-0.39, 0.29) is 19.5 Å². The van der Waals surface area contributed by atoms with Gasteiger partial charge in [-0.05, 0) is 0 Å². The Hall–Kier alpha value is -4.66. The Bertz CT molecular complexity index is 102. The summed E-state index contributed by atoms with van der Waals surface area (Å²) in [6.07, 6.45) is 0. The fourth-order valence-corrected chi connectivity index (χ4v) is 0. The molecule has 201 valence electrons. The smallest absolute Gasteiger partial charge is 0 e. The van der Waals surface area contributed by atoms with Crippen LogP contribution in [0, 0.1) is 0 Å². The van der Waals surface area contributed by atoms with Crippen molar-refractivity contribution < 1.29 is 96.2 Å². The molecule has 0 spiro atoms. The van der Waals surface area contributed by atoms with Crippen molar-refractivity contribution in [2.75, 3.05) is 0 Å². The molecule has 0 aromatic carbocycles. The average molecular weight is 567 g/mol. The molecule has 0 aliphatic heterocycles. The van der Waals surface area contributed by atoms with E-state index in [0.717, 1.165) is 0 Å². The van der Waals surface area contributed by atoms with Crippen molar-refractivity contribution in [1.82, 2.24) is 0 Å². The van der Waals surface area contributed by atoms with E-state index in [0.29, 0.717) is 0 Å². The summed E-state index contributed by atoms with van der Waals surface area (Å²) in [4.78, 5) is 124. The van der Waals surface area contributed by atoms with E-state index in [1.54, 1.807) is 0 Å². The van der Waals surface area contributed by atoms with Crippen LogP contribution >= 0.6 is 0 Å². The number of hydrogen-bond acceptors (Lipinski definition) is 16. The van der Waals surface area contributed by atoms with E-state index in [1.807, 2.05) is 0 Å². The third-order valence-electron chi connectivity index (χ3n) is 0. The molecule has 16 nitrogen and oxygen atoms in total. The normalized spacial score (nSPS) is 1.94. The van der Waals surface area contributed by atoms with Gasteiger partial charge in [0, 0.05) is 19.5 Å². The summed E-state index contributed by atoms with van der Waals surface area (Å²) in [5, 5.41) is 0. The Kier molecular flexibility index (Phi) is 4370. The zero-order chi connectivity index (χ0) is 32.0. The van der Waals surface area contributed by atoms with Crippen LogP contribution < -0.4 is 0 Å². The van der Waals surface area contributed by atoms with Crippen molar-refractivity contribution >= 4 is 109 Å². The van der Waals surface area contributed by atoms with Crippen molar-refractivity contribution in [3.8, 4) is 0 Å². The number of rotatable bonds is 0. The van der Waals surface area contributed by atoms with Crippen LogP contribution in [-0.2, 0) is 96.2 Å². The van der Waals surface area contributed by atoms with Crippen LogP contribution in [0.15, 0.2) is 0 Å². The minimum Gasteiger partial charge on any atom is -0.545 e. The zero-order valence-corrected chi connectivity index (χ0v) is 17.7. The summed E-state index contributed by atoms with van der Waals surface area (Å²) in [5.41, 5.74) is 0. The standard InChI is InChI=1S/16CHO.Rh/c16*1-2;/h16*1H;/q16*-1;. The average Bonchev–Trinajstić information content (AvgIpc) is 3.05. The van der Waals surface area contributed by atoms with Crippen molar-refractivity contribution in [2.24, 2.45) is 0 Å². The van der Waals surface area contributed by atoms with E-state index in [9.17, 15) is 0 Å². The van der Waals surface area contributed by atoms with Crippen molar-refractivity contribution in [2.45, 2.75) is 0 Å². The van der Waals surface area contributed by atoms with E-state index in [1.165, 1.54) is 0 Å². The van der Waals surface area contributed by atoms with Gasteiger partial charge in [-0.2, -0.15) is 0 Å². The molecule has 0 aromatic rings. The van der Waals surface area contributed by atoms with Crippen LogP contribution in [0.4, 0.5) is 0 Å². The SMILES string of the molecule is [CH-]=O.[CH-]=O.[CH-]=O.[CH-]=O.[CH-]=O.[CH-]=O.[CH-]=O.[CH-]=O.[CH-]=O.[CH-]=O.[CH-]=O.[CH-]=O.[CH-]=O.[CH-]=O.[CH-]=O.[CH-]=O.[Rh]. The van der Waals surface area contributed by atoms with Crippen molar-refractivity contribution in [3.05, 3.63) is 0 Å². The van der Waals surface area contributed by atoms with E-state index >= 15 is 0 Å². The van der Waals surface area contributed by atoms with Crippen LogP contribution in [0.1, 0.15) is 0 Å². The van der Waals surface area contributed by atoms with Crippen LogP contribution in [0.25, 0.3) is 0 Å². The Labute approximate surface area is 205 Å². The topological polar surface area (TPSA) is 273 Å². The van der Waals surface area contributed by atoms with Gasteiger partial charge in [0.25, 0.3) is 0 Å². The second-order valence-corrected chi connectivity index (χ2v) is 0. The first kappa shape index (κ1) is 165. The molecule has 0 unspecified atom stereocenters. The molecule has 0 atom stereocenters. The summed E-state index contributed by atoms with van der Waals surface area (Å²) in [7, 11) is 0. The molecule has 17 heteroatoms. The van der Waals surface area contributed by atoms with Crippen LogP contribution in [0.5, 0.6) is 0 Å². The third-order valence-corrected chi connectivity index (χ3v) is 0. The molecule has 0 saturated heterocycles. The first-order valence-corrected chi connectivity index (χ1v) is 3.77. The molecule has 33 heavy (non-hydrogen) atoms. The molecule has 0 fully saturated rings. The zero-order valence-electron chi connectivity index (χ0n) is 16.1. The Balaban J connectivity index is -0.00000000551. The predicted molar refractivity (Wildman–Crippen MR) is 108 cm³/mol. The predicted octanol–water partition coefficient (Wildman–Crippen LogP) is -4.39. The quantitative estimate of drug-likeness (QED) is 0.152. The largest absolute Gasteiger partial charge is 0.545 e. The van der Waals surface area contributed by atoms with Crippen molar-refractivity contribution in [3.63, 3.8) is 0 Å². The van der Waals surface area contributed by atoms with Gasteiger partial charge in [-0.25, -0.2) is 0 Å². The molecular weight excluding hydrogens is 551 g/mol. The van der Waals surface area contributed by atoms with Gasteiger partial charge in [-0.1, -0.05) is 0 Å². The van der Waals surface area contributed by atoms with E-state index in [4.69, 9.17) is 76.7 Å². The Morgan fingerprint density at radius 1 is 0.121 bits per heavy atom. The van der Waals surface area contributed by atoms with Gasteiger partial charge >= 0.3 is 0 Å². The Morgan fingerprint density at radius 3 is 0.121 bits per heavy atom. The maximum Gasteiger partial charge on any atom is 0 e. The summed E-state index contributed by atoms with van der Waals surface area (Å²) in [6, 6.07) is 0. The monoisotopic (exact) mass is 567 g/mol. The van der Waals surface area contributed by atoms with Gasteiger partial charge in [0.1, 0.15) is 0 Å². The first-order chi connectivity index (χ1) is 16.0.